The first-order chi connectivity index (χ1) is 12.5. The number of aromatic nitrogens is 3. The molecule has 0 unspecified atom stereocenters. The summed E-state index contributed by atoms with van der Waals surface area (Å²) in [4.78, 5) is 33.9. The van der Waals surface area contributed by atoms with E-state index in [0.29, 0.717) is 27.5 Å². The van der Waals surface area contributed by atoms with Crippen LogP contribution in [0.25, 0.3) is 16.6 Å². The van der Waals surface area contributed by atoms with Crippen molar-refractivity contribution in [1.82, 2.24) is 19.3 Å². The van der Waals surface area contributed by atoms with Gasteiger partial charge in [-0.1, -0.05) is 30.9 Å². The molecular formula is C19H21ClN4O2. The summed E-state index contributed by atoms with van der Waals surface area (Å²) in [7, 11) is 3.38. The fraction of sp³-hybridized carbons (Fsp3) is 0.421. The highest BCUT2D eigenvalue weighted by atomic mass is 35.5. The van der Waals surface area contributed by atoms with Crippen LogP contribution in [-0.4, -0.2) is 39.3 Å². The summed E-state index contributed by atoms with van der Waals surface area (Å²) >= 11 is 6.31. The lowest BCUT2D eigenvalue weighted by Gasteiger charge is -2.21. The zero-order valence-corrected chi connectivity index (χ0v) is 15.6. The van der Waals surface area contributed by atoms with Crippen LogP contribution in [0.4, 0.5) is 0 Å². The SMILES string of the molecule is CN(C)C(=O)c1cc2c(cc1Cl)[nH]c(=O)c1cnc(C3CCCCC3)n12. The molecule has 0 radical (unpaired) electrons. The number of rotatable bonds is 2. The number of benzene rings is 1. The van der Waals surface area contributed by atoms with E-state index in [1.807, 2.05) is 4.40 Å². The molecule has 0 aliphatic heterocycles. The predicted molar refractivity (Wildman–Crippen MR) is 102 cm³/mol. The summed E-state index contributed by atoms with van der Waals surface area (Å²) < 4.78 is 1.91. The third-order valence-corrected chi connectivity index (χ3v) is 5.52. The van der Waals surface area contributed by atoms with Crippen LogP contribution in [0, 0.1) is 0 Å². The monoisotopic (exact) mass is 372 g/mol. The number of carbonyl (C=O) groups is 1. The first-order valence-corrected chi connectivity index (χ1v) is 9.29. The van der Waals surface area contributed by atoms with Crippen molar-refractivity contribution in [2.75, 3.05) is 14.1 Å². The van der Waals surface area contributed by atoms with Crippen LogP contribution < -0.4 is 5.56 Å². The molecule has 3 aromatic rings. The van der Waals surface area contributed by atoms with Gasteiger partial charge in [0.25, 0.3) is 11.5 Å². The maximum Gasteiger partial charge on any atom is 0.274 e. The van der Waals surface area contributed by atoms with Gasteiger partial charge in [-0.15, -0.1) is 0 Å². The molecule has 1 saturated carbocycles. The van der Waals surface area contributed by atoms with E-state index in [1.54, 1.807) is 32.4 Å². The average Bonchev–Trinajstić information content (AvgIpc) is 3.07. The fourth-order valence-electron chi connectivity index (χ4n) is 3.87. The molecule has 1 aromatic carbocycles. The molecule has 1 aliphatic rings. The molecule has 0 saturated heterocycles. The third kappa shape index (κ3) is 2.69. The topological polar surface area (TPSA) is 70.5 Å². The van der Waals surface area contributed by atoms with Crippen molar-refractivity contribution in [3.05, 3.63) is 45.1 Å². The number of hydrogen-bond donors (Lipinski definition) is 1. The van der Waals surface area contributed by atoms with Gasteiger partial charge >= 0.3 is 0 Å². The Kier molecular flexibility index (Phi) is 4.23. The highest BCUT2D eigenvalue weighted by Crippen LogP contribution is 2.33. The van der Waals surface area contributed by atoms with Gasteiger partial charge in [0.15, 0.2) is 0 Å². The van der Waals surface area contributed by atoms with Gasteiger partial charge in [0.2, 0.25) is 0 Å². The van der Waals surface area contributed by atoms with Crippen molar-refractivity contribution in [3.8, 4) is 0 Å². The Hall–Kier alpha value is -2.34. The Balaban J connectivity index is 2.02. The summed E-state index contributed by atoms with van der Waals surface area (Å²) in [5, 5.41) is 0.325. The molecule has 2 heterocycles. The second kappa shape index (κ2) is 6.43. The molecule has 6 nitrogen and oxygen atoms in total. The molecule has 4 rings (SSSR count). The van der Waals surface area contributed by atoms with Crippen LogP contribution in [0.1, 0.15) is 54.2 Å². The molecular weight excluding hydrogens is 352 g/mol. The maximum atomic E-state index is 12.5. The van der Waals surface area contributed by atoms with Gasteiger partial charge < -0.3 is 9.88 Å². The molecule has 0 atom stereocenters. The van der Waals surface area contributed by atoms with Crippen molar-refractivity contribution in [2.45, 2.75) is 38.0 Å². The lowest BCUT2D eigenvalue weighted by molar-refractivity contribution is 0.0828. The van der Waals surface area contributed by atoms with Crippen molar-refractivity contribution in [2.24, 2.45) is 0 Å². The summed E-state index contributed by atoms with van der Waals surface area (Å²) in [5.41, 5.74) is 2.09. The standard InChI is InChI=1S/C19H21ClN4O2/c1-23(2)19(26)12-8-15-14(9-13(12)20)22-18(25)16-10-21-17(24(15)16)11-6-4-3-5-7-11/h8-11H,3-7H2,1-2H3,(H,22,25). The number of H-pyrrole nitrogens is 1. The number of amides is 1. The van der Waals surface area contributed by atoms with E-state index in [9.17, 15) is 9.59 Å². The van der Waals surface area contributed by atoms with E-state index in [2.05, 4.69) is 9.97 Å². The third-order valence-electron chi connectivity index (χ3n) is 5.20. The van der Waals surface area contributed by atoms with E-state index >= 15 is 0 Å². The summed E-state index contributed by atoms with van der Waals surface area (Å²) in [6.07, 6.45) is 7.38. The van der Waals surface area contributed by atoms with Crippen LogP contribution in [0.5, 0.6) is 0 Å². The van der Waals surface area contributed by atoms with Gasteiger partial charge in [-0.05, 0) is 25.0 Å². The van der Waals surface area contributed by atoms with Crippen molar-refractivity contribution in [1.29, 1.82) is 0 Å². The molecule has 0 spiro atoms. The molecule has 2 aromatic heterocycles. The minimum atomic E-state index is -0.199. The van der Waals surface area contributed by atoms with Crippen LogP contribution in [0.2, 0.25) is 5.02 Å². The number of hydrogen-bond acceptors (Lipinski definition) is 3. The zero-order valence-electron chi connectivity index (χ0n) is 14.9. The summed E-state index contributed by atoms with van der Waals surface area (Å²) in [6.45, 7) is 0. The fourth-order valence-corrected chi connectivity index (χ4v) is 4.11. The van der Waals surface area contributed by atoms with Gasteiger partial charge in [0, 0.05) is 20.0 Å². The quantitative estimate of drug-likeness (QED) is 0.747. The number of fused-ring (bicyclic) bond motifs is 3. The Bertz CT molecular complexity index is 1060. The zero-order chi connectivity index (χ0) is 18.4. The first-order valence-electron chi connectivity index (χ1n) is 8.92. The number of halogens is 1. The van der Waals surface area contributed by atoms with E-state index in [4.69, 9.17) is 11.6 Å². The first kappa shape index (κ1) is 17.1. The average molecular weight is 373 g/mol. The molecule has 1 fully saturated rings. The molecule has 7 heteroatoms. The second-order valence-electron chi connectivity index (χ2n) is 7.17. The van der Waals surface area contributed by atoms with E-state index < -0.39 is 0 Å². The summed E-state index contributed by atoms with van der Waals surface area (Å²) in [5.74, 6) is 1.07. The van der Waals surface area contributed by atoms with Crippen LogP contribution >= 0.6 is 11.6 Å². The Morgan fingerprint density at radius 3 is 2.65 bits per heavy atom. The molecule has 1 N–H and O–H groups in total. The molecule has 26 heavy (non-hydrogen) atoms. The molecule has 1 aliphatic carbocycles. The van der Waals surface area contributed by atoms with E-state index in [-0.39, 0.29) is 11.5 Å². The Morgan fingerprint density at radius 1 is 1.23 bits per heavy atom. The molecule has 0 bridgehead atoms. The second-order valence-corrected chi connectivity index (χ2v) is 7.58. The number of imidazole rings is 1. The highest BCUT2D eigenvalue weighted by Gasteiger charge is 2.23. The number of carbonyl (C=O) groups excluding carboxylic acids is 1. The van der Waals surface area contributed by atoms with Crippen LogP contribution in [0.15, 0.2) is 23.1 Å². The number of aromatic amines is 1. The lowest BCUT2D eigenvalue weighted by atomic mass is 9.88. The van der Waals surface area contributed by atoms with Crippen molar-refractivity contribution in [3.63, 3.8) is 0 Å². The minimum Gasteiger partial charge on any atom is -0.345 e. The van der Waals surface area contributed by atoms with Crippen LogP contribution in [-0.2, 0) is 0 Å². The van der Waals surface area contributed by atoms with Gasteiger partial charge in [0.05, 0.1) is 27.8 Å². The van der Waals surface area contributed by atoms with Gasteiger partial charge in [-0.3, -0.25) is 14.0 Å². The number of nitrogens with zero attached hydrogens (tertiary/aromatic N) is 3. The lowest BCUT2D eigenvalue weighted by Crippen LogP contribution is -2.22. The van der Waals surface area contributed by atoms with E-state index in [1.165, 1.54) is 24.2 Å². The molecule has 136 valence electrons. The van der Waals surface area contributed by atoms with Gasteiger partial charge in [-0.25, -0.2) is 4.98 Å². The smallest absolute Gasteiger partial charge is 0.274 e. The number of nitrogens with one attached hydrogen (secondary N) is 1. The van der Waals surface area contributed by atoms with Crippen LogP contribution in [0.3, 0.4) is 0 Å². The van der Waals surface area contributed by atoms with E-state index in [0.717, 1.165) is 24.2 Å². The normalized spacial score (nSPS) is 15.7. The highest BCUT2D eigenvalue weighted by molar-refractivity contribution is 6.34. The summed E-state index contributed by atoms with van der Waals surface area (Å²) in [6, 6.07) is 3.41. The van der Waals surface area contributed by atoms with Crippen molar-refractivity contribution >= 4 is 34.1 Å². The predicted octanol–water partition coefficient (Wildman–Crippen LogP) is 3.58. The largest absolute Gasteiger partial charge is 0.345 e. The van der Waals surface area contributed by atoms with Gasteiger partial charge in [0.1, 0.15) is 11.3 Å². The van der Waals surface area contributed by atoms with Crippen molar-refractivity contribution < 1.29 is 4.79 Å². The molecule has 1 amide bonds. The van der Waals surface area contributed by atoms with Gasteiger partial charge in [-0.2, -0.15) is 0 Å². The Morgan fingerprint density at radius 2 is 1.96 bits per heavy atom. The maximum absolute atomic E-state index is 12.5. The Labute approximate surface area is 155 Å². The minimum absolute atomic E-state index is 0.171.